The molecule has 1 aromatic carbocycles. The lowest BCUT2D eigenvalue weighted by molar-refractivity contribution is 0.217. The molecule has 0 saturated carbocycles. The van der Waals surface area contributed by atoms with Crippen LogP contribution in [-0.2, 0) is 0 Å². The molecule has 1 aromatic heterocycles. The first-order valence-corrected chi connectivity index (χ1v) is 6.64. The highest BCUT2D eigenvalue weighted by molar-refractivity contribution is 5.46. The zero-order valence-electron chi connectivity index (χ0n) is 12.0. The van der Waals surface area contributed by atoms with Gasteiger partial charge in [-0.3, -0.25) is 0 Å². The molecule has 0 aliphatic rings. The molecule has 0 saturated heterocycles. The third-order valence-electron chi connectivity index (χ3n) is 2.93. The van der Waals surface area contributed by atoms with Crippen molar-refractivity contribution in [1.82, 2.24) is 4.98 Å². The van der Waals surface area contributed by atoms with Gasteiger partial charge in [-0.1, -0.05) is 12.1 Å². The highest BCUT2D eigenvalue weighted by atomic mass is 16.5. The highest BCUT2D eigenvalue weighted by Gasteiger charge is 2.15. The molecule has 1 heterocycles. The van der Waals surface area contributed by atoms with E-state index in [9.17, 15) is 5.11 Å². The molecule has 0 aliphatic heterocycles. The van der Waals surface area contributed by atoms with Gasteiger partial charge in [0.2, 0.25) is 0 Å². The summed E-state index contributed by atoms with van der Waals surface area (Å²) >= 11 is 0. The number of benzene rings is 1. The maximum absolute atomic E-state index is 10.5. The first-order valence-electron chi connectivity index (χ1n) is 6.64. The van der Waals surface area contributed by atoms with E-state index in [-0.39, 0.29) is 6.10 Å². The fourth-order valence-corrected chi connectivity index (χ4v) is 2.03. The van der Waals surface area contributed by atoms with Gasteiger partial charge in [0.1, 0.15) is 17.7 Å². The van der Waals surface area contributed by atoms with Crippen LogP contribution < -0.4 is 10.5 Å². The van der Waals surface area contributed by atoms with Gasteiger partial charge in [-0.25, -0.2) is 4.98 Å². The number of anilines is 1. The summed E-state index contributed by atoms with van der Waals surface area (Å²) in [5.74, 6) is 1.08. The Balaban J connectivity index is 2.33. The van der Waals surface area contributed by atoms with E-state index in [0.717, 1.165) is 16.9 Å². The molecule has 2 aromatic rings. The third kappa shape index (κ3) is 3.27. The number of nitrogens with zero attached hydrogens (tertiary/aromatic N) is 1. The minimum atomic E-state index is -0.807. The van der Waals surface area contributed by atoms with Crippen molar-refractivity contribution in [2.24, 2.45) is 0 Å². The number of ether oxygens (including phenoxy) is 1. The average Bonchev–Trinajstić information content (AvgIpc) is 2.40. The van der Waals surface area contributed by atoms with Crippen LogP contribution in [0.3, 0.4) is 0 Å². The molecule has 0 amide bonds. The molecule has 0 spiro atoms. The van der Waals surface area contributed by atoms with Gasteiger partial charge in [0.05, 0.1) is 6.10 Å². The van der Waals surface area contributed by atoms with E-state index in [0.29, 0.717) is 11.4 Å². The van der Waals surface area contributed by atoms with Gasteiger partial charge in [0, 0.05) is 11.8 Å². The smallest absolute Gasteiger partial charge is 0.129 e. The molecular weight excluding hydrogens is 252 g/mol. The third-order valence-corrected chi connectivity index (χ3v) is 2.93. The van der Waals surface area contributed by atoms with Crippen LogP contribution in [0.5, 0.6) is 5.75 Å². The van der Waals surface area contributed by atoms with Crippen LogP contribution in [0.25, 0.3) is 0 Å². The zero-order chi connectivity index (χ0) is 14.7. The van der Waals surface area contributed by atoms with Crippen molar-refractivity contribution in [3.8, 4) is 5.75 Å². The quantitative estimate of drug-likeness (QED) is 0.898. The summed E-state index contributed by atoms with van der Waals surface area (Å²) in [4.78, 5) is 4.08. The molecule has 3 N–H and O–H groups in total. The lowest BCUT2D eigenvalue weighted by Gasteiger charge is -2.16. The Morgan fingerprint density at radius 2 is 2.00 bits per heavy atom. The maximum atomic E-state index is 10.5. The van der Waals surface area contributed by atoms with Gasteiger partial charge in [0.25, 0.3) is 0 Å². The number of hydrogen-bond acceptors (Lipinski definition) is 4. The number of aliphatic hydroxyl groups is 1. The summed E-state index contributed by atoms with van der Waals surface area (Å²) in [5.41, 5.74) is 8.16. The predicted octanol–water partition coefficient (Wildman–Crippen LogP) is 2.84. The van der Waals surface area contributed by atoms with E-state index in [1.54, 1.807) is 6.20 Å². The van der Waals surface area contributed by atoms with Crippen LogP contribution in [0.4, 0.5) is 5.82 Å². The Morgan fingerprint density at radius 3 is 2.70 bits per heavy atom. The van der Waals surface area contributed by atoms with E-state index >= 15 is 0 Å². The van der Waals surface area contributed by atoms with Crippen LogP contribution in [-0.4, -0.2) is 16.2 Å². The molecule has 0 radical (unpaired) electrons. The number of nitrogens with two attached hydrogens (primary N) is 1. The first-order chi connectivity index (χ1) is 9.47. The Labute approximate surface area is 119 Å². The zero-order valence-corrected chi connectivity index (χ0v) is 12.0. The SMILES string of the molecule is Cc1cnc(N)c(C(O)c2cccc(OC(C)C)c2)c1. The van der Waals surface area contributed by atoms with Crippen LogP contribution in [0.2, 0.25) is 0 Å². The van der Waals surface area contributed by atoms with Gasteiger partial charge in [-0.05, 0) is 50.1 Å². The summed E-state index contributed by atoms with van der Waals surface area (Å²) in [5, 5.41) is 10.5. The lowest BCUT2D eigenvalue weighted by atomic mass is 10.0. The number of pyridine rings is 1. The number of nitrogen functional groups attached to an aromatic ring is 1. The monoisotopic (exact) mass is 272 g/mol. The van der Waals surface area contributed by atoms with E-state index < -0.39 is 6.10 Å². The van der Waals surface area contributed by atoms with Gasteiger partial charge in [-0.2, -0.15) is 0 Å². The standard InChI is InChI=1S/C16H20N2O2/c1-10(2)20-13-6-4-5-12(8-13)15(19)14-7-11(3)9-18-16(14)17/h4-10,15,19H,1-3H3,(H2,17,18). The normalized spacial score (nSPS) is 12.4. The number of hydrogen-bond donors (Lipinski definition) is 2. The van der Waals surface area contributed by atoms with E-state index in [1.807, 2.05) is 51.1 Å². The topological polar surface area (TPSA) is 68.4 Å². The summed E-state index contributed by atoms with van der Waals surface area (Å²) in [6.45, 7) is 5.85. The highest BCUT2D eigenvalue weighted by Crippen LogP contribution is 2.28. The molecule has 1 atom stereocenters. The molecule has 0 bridgehead atoms. The summed E-state index contributed by atoms with van der Waals surface area (Å²) in [6.07, 6.45) is 0.968. The van der Waals surface area contributed by atoms with Gasteiger partial charge < -0.3 is 15.6 Å². The van der Waals surface area contributed by atoms with Crippen LogP contribution >= 0.6 is 0 Å². The molecule has 1 unspecified atom stereocenters. The van der Waals surface area contributed by atoms with Crippen molar-refractivity contribution >= 4 is 5.82 Å². The first kappa shape index (κ1) is 14.3. The Hall–Kier alpha value is -2.07. The minimum absolute atomic E-state index is 0.0908. The molecule has 4 heteroatoms. The van der Waals surface area contributed by atoms with Crippen molar-refractivity contribution in [2.75, 3.05) is 5.73 Å². The molecular formula is C16H20N2O2. The average molecular weight is 272 g/mol. The van der Waals surface area contributed by atoms with Crippen molar-refractivity contribution in [2.45, 2.75) is 33.0 Å². The van der Waals surface area contributed by atoms with Crippen molar-refractivity contribution < 1.29 is 9.84 Å². The second kappa shape index (κ2) is 5.92. The Morgan fingerprint density at radius 1 is 1.25 bits per heavy atom. The number of aliphatic hydroxyl groups excluding tert-OH is 1. The van der Waals surface area contributed by atoms with Crippen molar-refractivity contribution in [3.05, 3.63) is 53.2 Å². The van der Waals surface area contributed by atoms with Gasteiger partial charge in [0.15, 0.2) is 0 Å². The summed E-state index contributed by atoms with van der Waals surface area (Å²) in [6, 6.07) is 9.25. The predicted molar refractivity (Wildman–Crippen MR) is 79.7 cm³/mol. The fourth-order valence-electron chi connectivity index (χ4n) is 2.03. The van der Waals surface area contributed by atoms with Crippen molar-refractivity contribution in [1.29, 1.82) is 0 Å². The minimum Gasteiger partial charge on any atom is -0.491 e. The van der Waals surface area contributed by atoms with Crippen LogP contribution in [0.1, 0.15) is 36.6 Å². The van der Waals surface area contributed by atoms with Crippen LogP contribution in [0, 0.1) is 6.92 Å². The van der Waals surface area contributed by atoms with E-state index in [2.05, 4.69) is 4.98 Å². The summed E-state index contributed by atoms with van der Waals surface area (Å²) in [7, 11) is 0. The van der Waals surface area contributed by atoms with Crippen LogP contribution in [0.15, 0.2) is 36.5 Å². The Bertz CT molecular complexity index is 597. The van der Waals surface area contributed by atoms with Crippen molar-refractivity contribution in [3.63, 3.8) is 0 Å². The number of aromatic nitrogens is 1. The second-order valence-electron chi connectivity index (χ2n) is 5.13. The maximum Gasteiger partial charge on any atom is 0.129 e. The molecule has 4 nitrogen and oxygen atoms in total. The molecule has 106 valence electrons. The van der Waals surface area contributed by atoms with E-state index in [1.165, 1.54) is 0 Å². The molecule has 0 fully saturated rings. The number of rotatable bonds is 4. The second-order valence-corrected chi connectivity index (χ2v) is 5.13. The largest absolute Gasteiger partial charge is 0.491 e. The van der Waals surface area contributed by atoms with E-state index in [4.69, 9.17) is 10.5 Å². The lowest BCUT2D eigenvalue weighted by Crippen LogP contribution is -2.08. The number of aryl methyl sites for hydroxylation is 1. The molecule has 0 aliphatic carbocycles. The summed E-state index contributed by atoms with van der Waals surface area (Å²) < 4.78 is 5.64. The van der Waals surface area contributed by atoms with Gasteiger partial charge >= 0.3 is 0 Å². The van der Waals surface area contributed by atoms with Gasteiger partial charge in [-0.15, -0.1) is 0 Å². The fraction of sp³-hybridized carbons (Fsp3) is 0.312. The molecule has 2 rings (SSSR count). The molecule has 20 heavy (non-hydrogen) atoms. The Kier molecular flexibility index (Phi) is 4.25.